The lowest BCUT2D eigenvalue weighted by atomic mass is 10.2. The molecule has 5 nitrogen and oxygen atoms in total. The van der Waals surface area contributed by atoms with E-state index >= 15 is 0 Å². The number of carbonyl (C=O) groups is 1. The van der Waals surface area contributed by atoms with E-state index in [1.807, 2.05) is 25.3 Å². The zero-order chi connectivity index (χ0) is 14.5. The number of hydrogen-bond donors (Lipinski definition) is 3. The minimum Gasteiger partial charge on any atom is -0.382 e. The van der Waals surface area contributed by atoms with Crippen LogP contribution in [0.1, 0.15) is 28.4 Å². The molecule has 1 atom stereocenters. The molecule has 0 aliphatic carbocycles. The Labute approximate surface area is 126 Å². The number of carbonyl (C=O) groups excluding carboxylic acids is 1. The number of nitrogens with two attached hydrogens (primary N) is 1. The first-order valence-corrected chi connectivity index (χ1v) is 8.13. The van der Waals surface area contributed by atoms with Crippen LogP contribution in [0.25, 0.3) is 0 Å². The van der Waals surface area contributed by atoms with Gasteiger partial charge in [-0.2, -0.15) is 0 Å². The van der Waals surface area contributed by atoms with Gasteiger partial charge in [-0.05, 0) is 25.3 Å². The van der Waals surface area contributed by atoms with Gasteiger partial charge in [0.2, 0.25) is 0 Å². The molecule has 20 heavy (non-hydrogen) atoms. The van der Waals surface area contributed by atoms with Crippen molar-refractivity contribution in [3.63, 3.8) is 0 Å². The summed E-state index contributed by atoms with van der Waals surface area (Å²) in [4.78, 5) is 18.0. The Morgan fingerprint density at radius 1 is 1.55 bits per heavy atom. The highest BCUT2D eigenvalue weighted by molar-refractivity contribution is 7.18. The van der Waals surface area contributed by atoms with Gasteiger partial charge in [-0.15, -0.1) is 11.3 Å². The Morgan fingerprint density at radius 2 is 2.35 bits per heavy atom. The van der Waals surface area contributed by atoms with Gasteiger partial charge >= 0.3 is 0 Å². The van der Waals surface area contributed by atoms with Gasteiger partial charge in [-0.1, -0.05) is 17.4 Å². The number of hydrogen-bond acceptors (Lipinski definition) is 6. The topological polar surface area (TPSA) is 80.0 Å². The predicted molar refractivity (Wildman–Crippen MR) is 85.6 cm³/mol. The summed E-state index contributed by atoms with van der Waals surface area (Å²) in [5, 5.41) is 8.74. The summed E-state index contributed by atoms with van der Waals surface area (Å²) in [7, 11) is 0. The SMILES string of the molecule is CCNc1nc(N)c(C(=O)NC(C)Cc2cccs2)s1. The number of nitrogens with zero attached hydrogens (tertiary/aromatic N) is 1. The van der Waals surface area contributed by atoms with Crippen LogP contribution in [-0.4, -0.2) is 23.5 Å². The molecule has 0 aliphatic heterocycles. The smallest absolute Gasteiger partial charge is 0.265 e. The summed E-state index contributed by atoms with van der Waals surface area (Å²) in [5.74, 6) is 0.125. The number of anilines is 2. The molecule has 1 unspecified atom stereocenters. The molecule has 0 aromatic carbocycles. The normalized spacial score (nSPS) is 12.1. The van der Waals surface area contributed by atoms with E-state index in [0.717, 1.165) is 13.0 Å². The first kappa shape index (κ1) is 14.8. The largest absolute Gasteiger partial charge is 0.382 e. The van der Waals surface area contributed by atoms with E-state index in [1.165, 1.54) is 16.2 Å². The van der Waals surface area contributed by atoms with Crippen molar-refractivity contribution in [3.05, 3.63) is 27.3 Å². The van der Waals surface area contributed by atoms with Crippen molar-refractivity contribution in [3.8, 4) is 0 Å². The summed E-state index contributed by atoms with van der Waals surface area (Å²) in [6, 6.07) is 4.14. The molecule has 0 aliphatic rings. The third kappa shape index (κ3) is 3.71. The number of rotatable bonds is 6. The van der Waals surface area contributed by atoms with Crippen LogP contribution in [0.15, 0.2) is 17.5 Å². The van der Waals surface area contributed by atoms with Gasteiger partial charge in [-0.3, -0.25) is 4.79 Å². The first-order valence-electron chi connectivity index (χ1n) is 6.43. The highest BCUT2D eigenvalue weighted by Gasteiger charge is 2.18. The van der Waals surface area contributed by atoms with Gasteiger partial charge < -0.3 is 16.4 Å². The van der Waals surface area contributed by atoms with Crippen LogP contribution in [0, 0.1) is 0 Å². The van der Waals surface area contributed by atoms with Crippen molar-refractivity contribution in [2.75, 3.05) is 17.6 Å². The maximum absolute atomic E-state index is 12.2. The maximum atomic E-state index is 12.2. The van der Waals surface area contributed by atoms with Crippen molar-refractivity contribution < 1.29 is 4.79 Å². The second-order valence-corrected chi connectivity index (χ2v) is 6.45. The summed E-state index contributed by atoms with van der Waals surface area (Å²) < 4.78 is 0. The van der Waals surface area contributed by atoms with Crippen LogP contribution in [0.4, 0.5) is 10.9 Å². The van der Waals surface area contributed by atoms with E-state index in [-0.39, 0.29) is 17.8 Å². The second kappa shape index (κ2) is 6.71. The molecule has 108 valence electrons. The molecule has 0 saturated heterocycles. The molecule has 0 bridgehead atoms. The fraction of sp³-hybridized carbons (Fsp3) is 0.385. The zero-order valence-electron chi connectivity index (χ0n) is 11.5. The zero-order valence-corrected chi connectivity index (χ0v) is 13.1. The number of nitrogens with one attached hydrogen (secondary N) is 2. The van der Waals surface area contributed by atoms with E-state index < -0.39 is 0 Å². The van der Waals surface area contributed by atoms with Crippen molar-refractivity contribution in [2.45, 2.75) is 26.3 Å². The number of amides is 1. The third-order valence-electron chi connectivity index (χ3n) is 2.65. The van der Waals surface area contributed by atoms with Gasteiger partial charge in [0.05, 0.1) is 0 Å². The molecule has 0 spiro atoms. The van der Waals surface area contributed by atoms with Crippen molar-refractivity contribution >= 4 is 39.5 Å². The molecular weight excluding hydrogens is 292 g/mol. The lowest BCUT2D eigenvalue weighted by Gasteiger charge is -2.12. The quantitative estimate of drug-likeness (QED) is 0.766. The molecule has 0 fully saturated rings. The number of nitrogen functional groups attached to an aromatic ring is 1. The Bertz CT molecular complexity index is 565. The Hall–Kier alpha value is -1.60. The third-order valence-corrected chi connectivity index (χ3v) is 4.58. The van der Waals surface area contributed by atoms with E-state index in [4.69, 9.17) is 5.73 Å². The molecule has 2 rings (SSSR count). The van der Waals surface area contributed by atoms with E-state index in [1.54, 1.807) is 11.3 Å². The van der Waals surface area contributed by atoms with Crippen LogP contribution in [0.2, 0.25) is 0 Å². The minimum atomic E-state index is -0.159. The van der Waals surface area contributed by atoms with Crippen LogP contribution < -0.4 is 16.4 Å². The average Bonchev–Trinajstić information content (AvgIpc) is 2.99. The number of thiazole rings is 1. The summed E-state index contributed by atoms with van der Waals surface area (Å²) in [6.45, 7) is 4.71. The highest BCUT2D eigenvalue weighted by atomic mass is 32.1. The van der Waals surface area contributed by atoms with Crippen LogP contribution in [0.3, 0.4) is 0 Å². The molecule has 4 N–H and O–H groups in total. The van der Waals surface area contributed by atoms with Gasteiger partial charge in [0.25, 0.3) is 5.91 Å². The Kier molecular flexibility index (Phi) is 4.97. The molecule has 1 amide bonds. The first-order chi connectivity index (χ1) is 9.60. The fourth-order valence-corrected chi connectivity index (χ4v) is 3.48. The lowest BCUT2D eigenvalue weighted by molar-refractivity contribution is 0.0945. The van der Waals surface area contributed by atoms with E-state index in [2.05, 4.69) is 21.7 Å². The fourth-order valence-electron chi connectivity index (χ4n) is 1.79. The molecular formula is C13H18N4OS2. The molecule has 2 heterocycles. The monoisotopic (exact) mass is 310 g/mol. The molecule has 0 saturated carbocycles. The van der Waals surface area contributed by atoms with Crippen molar-refractivity contribution in [2.24, 2.45) is 0 Å². The van der Waals surface area contributed by atoms with Crippen LogP contribution >= 0.6 is 22.7 Å². The van der Waals surface area contributed by atoms with Gasteiger partial charge in [-0.25, -0.2) is 4.98 Å². The number of aromatic nitrogens is 1. The standard InChI is InChI=1S/C13H18N4OS2/c1-3-15-13-17-11(14)10(20-13)12(18)16-8(2)7-9-5-4-6-19-9/h4-6,8H,3,7,14H2,1-2H3,(H,15,17)(H,16,18). The molecule has 2 aromatic heterocycles. The summed E-state index contributed by atoms with van der Waals surface area (Å²) >= 11 is 2.98. The molecule has 2 aromatic rings. The minimum absolute atomic E-state index is 0.0604. The molecule has 7 heteroatoms. The molecule has 0 radical (unpaired) electrons. The summed E-state index contributed by atoms with van der Waals surface area (Å²) in [6.07, 6.45) is 0.822. The second-order valence-electron chi connectivity index (χ2n) is 4.42. The average molecular weight is 310 g/mol. The Morgan fingerprint density at radius 3 is 3.00 bits per heavy atom. The lowest BCUT2D eigenvalue weighted by Crippen LogP contribution is -2.33. The van der Waals surface area contributed by atoms with Gasteiger partial charge in [0.15, 0.2) is 5.13 Å². The predicted octanol–water partition coefficient (Wildman–Crippen LogP) is 2.58. The van der Waals surface area contributed by atoms with Gasteiger partial charge in [0, 0.05) is 23.9 Å². The van der Waals surface area contributed by atoms with Crippen LogP contribution in [-0.2, 0) is 6.42 Å². The maximum Gasteiger partial charge on any atom is 0.265 e. The van der Waals surface area contributed by atoms with E-state index in [0.29, 0.717) is 10.0 Å². The van der Waals surface area contributed by atoms with Crippen molar-refractivity contribution in [1.29, 1.82) is 0 Å². The van der Waals surface area contributed by atoms with E-state index in [9.17, 15) is 4.79 Å². The van der Waals surface area contributed by atoms with Crippen LogP contribution in [0.5, 0.6) is 0 Å². The highest BCUT2D eigenvalue weighted by Crippen LogP contribution is 2.24. The van der Waals surface area contributed by atoms with Gasteiger partial charge in [0.1, 0.15) is 10.7 Å². The Balaban J connectivity index is 1.97. The number of thiophene rings is 1. The van der Waals surface area contributed by atoms with Crippen molar-refractivity contribution in [1.82, 2.24) is 10.3 Å². The summed E-state index contributed by atoms with van der Waals surface area (Å²) in [5.41, 5.74) is 5.78.